The number of carbonyl (C=O) groups excluding carboxylic acids is 2. The first kappa shape index (κ1) is 23.7. The van der Waals surface area contributed by atoms with Crippen molar-refractivity contribution in [2.24, 2.45) is 0 Å². The molecule has 1 N–H and O–H groups in total. The molecular weight excluding hydrogens is 451 g/mol. The summed E-state index contributed by atoms with van der Waals surface area (Å²) in [7, 11) is 0. The Kier molecular flexibility index (Phi) is 7.87. The summed E-state index contributed by atoms with van der Waals surface area (Å²) < 4.78 is 24.8. The number of anilines is 1. The second-order valence-corrected chi connectivity index (χ2v) is 8.80. The molecule has 1 fully saturated rings. The van der Waals surface area contributed by atoms with Crippen LogP contribution in [0.5, 0.6) is 11.5 Å². The molecule has 2 amide bonds. The number of rotatable bonds is 8. The summed E-state index contributed by atoms with van der Waals surface area (Å²) in [4.78, 5) is 26.9. The molecule has 32 heavy (non-hydrogen) atoms. The minimum Gasteiger partial charge on any atom is -0.490 e. The van der Waals surface area contributed by atoms with Gasteiger partial charge in [-0.1, -0.05) is 30.0 Å². The lowest BCUT2D eigenvalue weighted by Crippen LogP contribution is -2.34. The second kappa shape index (κ2) is 10.6. The van der Waals surface area contributed by atoms with E-state index in [2.05, 4.69) is 5.32 Å². The van der Waals surface area contributed by atoms with Crippen LogP contribution in [0.15, 0.2) is 47.4 Å². The maximum atomic E-state index is 13.0. The van der Waals surface area contributed by atoms with Gasteiger partial charge in [-0.3, -0.25) is 14.5 Å². The number of amides is 2. The van der Waals surface area contributed by atoms with E-state index in [0.717, 1.165) is 5.56 Å². The lowest BCUT2D eigenvalue weighted by atomic mass is 10.1. The van der Waals surface area contributed by atoms with E-state index in [-0.39, 0.29) is 30.3 Å². The van der Waals surface area contributed by atoms with Crippen molar-refractivity contribution in [3.63, 3.8) is 0 Å². The summed E-state index contributed by atoms with van der Waals surface area (Å²) in [6.45, 7) is 5.82. The summed E-state index contributed by atoms with van der Waals surface area (Å²) >= 11 is 6.58. The smallest absolute Gasteiger partial charge is 0.266 e. The van der Waals surface area contributed by atoms with Gasteiger partial charge in [0.1, 0.15) is 10.1 Å². The molecule has 0 unspecified atom stereocenters. The molecule has 0 saturated carbocycles. The van der Waals surface area contributed by atoms with E-state index in [1.807, 2.05) is 20.8 Å². The second-order valence-electron chi connectivity index (χ2n) is 7.13. The number of nitrogens with zero attached hydrogens (tertiary/aromatic N) is 1. The van der Waals surface area contributed by atoms with Crippen molar-refractivity contribution in [3.05, 3.63) is 58.8 Å². The van der Waals surface area contributed by atoms with Gasteiger partial charge >= 0.3 is 0 Å². The topological polar surface area (TPSA) is 67.9 Å². The van der Waals surface area contributed by atoms with Crippen LogP contribution >= 0.6 is 24.0 Å². The molecule has 3 rings (SSSR count). The zero-order chi connectivity index (χ0) is 23.3. The number of thiocarbonyl (C=S) groups is 1. The fourth-order valence-corrected chi connectivity index (χ4v) is 4.48. The van der Waals surface area contributed by atoms with Crippen LogP contribution < -0.4 is 14.8 Å². The van der Waals surface area contributed by atoms with Crippen LogP contribution in [0.2, 0.25) is 0 Å². The number of carbonyl (C=O) groups is 2. The lowest BCUT2D eigenvalue weighted by molar-refractivity contribution is -0.123. The maximum Gasteiger partial charge on any atom is 0.266 e. The number of hydrogen-bond donors (Lipinski definition) is 1. The Bertz CT molecular complexity index is 1050. The molecule has 6 nitrogen and oxygen atoms in total. The third-order valence-electron chi connectivity index (χ3n) is 4.39. The van der Waals surface area contributed by atoms with Gasteiger partial charge in [-0.25, -0.2) is 4.39 Å². The molecule has 0 radical (unpaired) electrons. The summed E-state index contributed by atoms with van der Waals surface area (Å²) in [6, 6.07) is 10.7. The van der Waals surface area contributed by atoms with E-state index in [4.69, 9.17) is 21.7 Å². The van der Waals surface area contributed by atoms with Crippen LogP contribution in [0.1, 0.15) is 26.3 Å². The molecule has 0 spiro atoms. The summed E-state index contributed by atoms with van der Waals surface area (Å²) in [6.07, 6.45) is 1.76. The zero-order valence-electron chi connectivity index (χ0n) is 17.9. The highest BCUT2D eigenvalue weighted by atomic mass is 32.2. The van der Waals surface area contributed by atoms with E-state index in [0.29, 0.717) is 33.0 Å². The highest BCUT2D eigenvalue weighted by Crippen LogP contribution is 2.35. The van der Waals surface area contributed by atoms with Gasteiger partial charge in [0.05, 0.1) is 11.5 Å². The van der Waals surface area contributed by atoms with Crippen molar-refractivity contribution >= 4 is 51.9 Å². The van der Waals surface area contributed by atoms with Gasteiger partial charge in [-0.2, -0.15) is 0 Å². The summed E-state index contributed by atoms with van der Waals surface area (Å²) in [5.41, 5.74) is 1.22. The number of nitrogens with one attached hydrogen (secondary N) is 1. The number of ether oxygens (including phenoxy) is 2. The normalized spacial score (nSPS) is 14.9. The van der Waals surface area contributed by atoms with Gasteiger partial charge < -0.3 is 14.8 Å². The summed E-state index contributed by atoms with van der Waals surface area (Å²) in [5.74, 6) is -0.0403. The van der Waals surface area contributed by atoms with Gasteiger partial charge in [0.15, 0.2) is 18.1 Å². The van der Waals surface area contributed by atoms with Crippen LogP contribution in [-0.4, -0.2) is 40.3 Å². The first-order valence-corrected chi connectivity index (χ1v) is 11.2. The number of thioether (sulfide) groups is 1. The van der Waals surface area contributed by atoms with Crippen molar-refractivity contribution in [2.75, 3.05) is 18.5 Å². The molecular formula is C23H23FN2O4S2. The van der Waals surface area contributed by atoms with Crippen LogP contribution in [0.25, 0.3) is 6.08 Å². The van der Waals surface area contributed by atoms with Crippen LogP contribution in [0.4, 0.5) is 10.1 Å². The Labute approximate surface area is 195 Å². The fraction of sp³-hybridized carbons (Fsp3) is 0.261. The highest BCUT2D eigenvalue weighted by molar-refractivity contribution is 8.26. The van der Waals surface area contributed by atoms with Crippen molar-refractivity contribution in [2.45, 2.75) is 26.8 Å². The molecule has 9 heteroatoms. The molecule has 0 bridgehead atoms. The Hall–Kier alpha value is -2.91. The first-order chi connectivity index (χ1) is 15.3. The summed E-state index contributed by atoms with van der Waals surface area (Å²) in [5, 5.41) is 2.63. The predicted octanol–water partition coefficient (Wildman–Crippen LogP) is 4.85. The van der Waals surface area contributed by atoms with E-state index < -0.39 is 0 Å². The lowest BCUT2D eigenvalue weighted by Gasteiger charge is -2.18. The zero-order valence-corrected chi connectivity index (χ0v) is 19.5. The molecule has 1 aliphatic rings. The minimum absolute atomic E-state index is 0.00998. The van der Waals surface area contributed by atoms with Gasteiger partial charge in [0, 0.05) is 11.7 Å². The van der Waals surface area contributed by atoms with Gasteiger partial charge in [-0.15, -0.1) is 0 Å². The SMILES string of the molecule is CCOc1cc(/C=C2\SC(=S)N(C(C)C)C2=O)ccc1OCC(=O)Nc1ccc(F)cc1. The molecule has 1 heterocycles. The molecule has 0 atom stereocenters. The Morgan fingerprint density at radius 3 is 2.53 bits per heavy atom. The molecule has 2 aromatic rings. The number of halogens is 1. The van der Waals surface area contributed by atoms with Gasteiger partial charge in [0.25, 0.3) is 11.8 Å². The monoisotopic (exact) mass is 474 g/mol. The molecule has 168 valence electrons. The Balaban J connectivity index is 1.70. The molecule has 2 aromatic carbocycles. The quantitative estimate of drug-likeness (QED) is 0.436. The Morgan fingerprint density at radius 1 is 1.19 bits per heavy atom. The largest absolute Gasteiger partial charge is 0.490 e. The van der Waals surface area contributed by atoms with Crippen LogP contribution in [-0.2, 0) is 9.59 Å². The standard InChI is InChI=1S/C23H23FN2O4S2/c1-4-29-19-11-15(12-20-22(28)26(14(2)3)23(31)32-20)5-10-18(19)30-13-21(27)25-17-8-6-16(24)7-9-17/h5-12,14H,4,13H2,1-3H3,(H,25,27)/b20-12-. The van der Waals surface area contributed by atoms with E-state index in [1.165, 1.54) is 36.0 Å². The van der Waals surface area contributed by atoms with Crippen LogP contribution in [0.3, 0.4) is 0 Å². The first-order valence-electron chi connectivity index (χ1n) is 10.0. The minimum atomic E-state index is -0.388. The van der Waals surface area contributed by atoms with E-state index in [1.54, 1.807) is 29.2 Å². The average molecular weight is 475 g/mol. The Morgan fingerprint density at radius 2 is 1.91 bits per heavy atom. The predicted molar refractivity (Wildman–Crippen MR) is 128 cm³/mol. The van der Waals surface area contributed by atoms with Crippen LogP contribution in [0, 0.1) is 5.82 Å². The molecule has 1 aliphatic heterocycles. The molecule has 1 saturated heterocycles. The van der Waals surface area contributed by atoms with Gasteiger partial charge in [-0.05, 0) is 68.8 Å². The van der Waals surface area contributed by atoms with Crippen molar-refractivity contribution in [3.8, 4) is 11.5 Å². The van der Waals surface area contributed by atoms with E-state index >= 15 is 0 Å². The van der Waals surface area contributed by atoms with Crippen molar-refractivity contribution < 1.29 is 23.5 Å². The van der Waals surface area contributed by atoms with Crippen molar-refractivity contribution in [1.82, 2.24) is 4.90 Å². The third-order valence-corrected chi connectivity index (χ3v) is 5.72. The van der Waals surface area contributed by atoms with Crippen molar-refractivity contribution in [1.29, 1.82) is 0 Å². The number of benzene rings is 2. The van der Waals surface area contributed by atoms with Gasteiger partial charge in [0.2, 0.25) is 0 Å². The maximum absolute atomic E-state index is 13.0. The fourth-order valence-electron chi connectivity index (χ4n) is 2.95. The molecule has 0 aliphatic carbocycles. The third kappa shape index (κ3) is 5.86. The highest BCUT2D eigenvalue weighted by Gasteiger charge is 2.33. The molecule has 0 aromatic heterocycles. The number of hydrogen-bond acceptors (Lipinski definition) is 6. The average Bonchev–Trinajstić information content (AvgIpc) is 3.02. The van der Waals surface area contributed by atoms with E-state index in [9.17, 15) is 14.0 Å².